The summed E-state index contributed by atoms with van der Waals surface area (Å²) in [7, 11) is 2.20. The van der Waals surface area contributed by atoms with Gasteiger partial charge in [0.15, 0.2) is 0 Å². The molecule has 1 aromatic carbocycles. The summed E-state index contributed by atoms with van der Waals surface area (Å²) in [6.45, 7) is 9.09. The van der Waals surface area contributed by atoms with Crippen LogP contribution in [0.4, 0.5) is 5.82 Å². The van der Waals surface area contributed by atoms with Crippen LogP contribution in [0.5, 0.6) is 0 Å². The van der Waals surface area contributed by atoms with Crippen molar-refractivity contribution < 1.29 is 0 Å². The molecule has 0 atom stereocenters. The van der Waals surface area contributed by atoms with Crippen LogP contribution in [0.2, 0.25) is 0 Å². The molecule has 0 radical (unpaired) electrons. The summed E-state index contributed by atoms with van der Waals surface area (Å²) in [4.78, 5) is 9.65. The van der Waals surface area contributed by atoms with E-state index in [9.17, 15) is 0 Å². The quantitative estimate of drug-likeness (QED) is 0.860. The Morgan fingerprint density at radius 3 is 2.73 bits per heavy atom. The maximum Gasteiger partial charge on any atom is 0.126 e. The highest BCUT2D eigenvalue weighted by atomic mass is 15.2. The summed E-state index contributed by atoms with van der Waals surface area (Å²) in [5.41, 5.74) is 2.36. The molecule has 0 spiro atoms. The molecule has 118 valence electrons. The van der Waals surface area contributed by atoms with Gasteiger partial charge < -0.3 is 15.1 Å². The van der Waals surface area contributed by atoms with Crippen molar-refractivity contribution >= 4 is 16.7 Å². The molecule has 22 heavy (non-hydrogen) atoms. The van der Waals surface area contributed by atoms with E-state index >= 15 is 0 Å². The summed E-state index contributed by atoms with van der Waals surface area (Å²) < 4.78 is 0. The highest BCUT2D eigenvalue weighted by molar-refractivity contribution is 5.83. The number of rotatable bonds is 5. The number of nitrogens with one attached hydrogen (secondary N) is 1. The monoisotopic (exact) mass is 298 g/mol. The molecule has 1 aromatic heterocycles. The standard InChI is InChI=1S/C18H26N4/c1-15-14-18(20-17-7-4-3-6-16(15)17)19-8-5-9-22-12-10-21(2)11-13-22/h3-4,6-7,14H,5,8-13H2,1-2H3,(H,19,20). The van der Waals surface area contributed by atoms with Crippen LogP contribution in [0.15, 0.2) is 30.3 Å². The van der Waals surface area contributed by atoms with Crippen LogP contribution in [-0.2, 0) is 0 Å². The SMILES string of the molecule is Cc1cc(NCCCN2CCN(C)CC2)nc2ccccc12. The summed E-state index contributed by atoms with van der Waals surface area (Å²) in [6.07, 6.45) is 1.16. The van der Waals surface area contributed by atoms with E-state index in [0.29, 0.717) is 0 Å². The molecule has 0 saturated carbocycles. The maximum absolute atomic E-state index is 4.70. The largest absolute Gasteiger partial charge is 0.370 e. The molecule has 2 aromatic rings. The van der Waals surface area contributed by atoms with E-state index in [1.807, 2.05) is 6.07 Å². The van der Waals surface area contributed by atoms with Crippen LogP contribution in [0, 0.1) is 6.92 Å². The van der Waals surface area contributed by atoms with E-state index in [4.69, 9.17) is 4.98 Å². The lowest BCUT2D eigenvalue weighted by molar-refractivity contribution is 0.154. The van der Waals surface area contributed by atoms with Gasteiger partial charge in [-0.1, -0.05) is 18.2 Å². The lowest BCUT2D eigenvalue weighted by atomic mass is 10.1. The first-order chi connectivity index (χ1) is 10.7. The Labute approximate surface area is 133 Å². The fourth-order valence-corrected chi connectivity index (χ4v) is 3.03. The first-order valence-electron chi connectivity index (χ1n) is 8.23. The minimum absolute atomic E-state index is 0.983. The zero-order chi connectivity index (χ0) is 15.4. The Bertz CT molecular complexity index is 618. The van der Waals surface area contributed by atoms with E-state index in [2.05, 4.69) is 53.4 Å². The van der Waals surface area contributed by atoms with Gasteiger partial charge in [0.05, 0.1) is 5.52 Å². The van der Waals surface area contributed by atoms with Gasteiger partial charge in [-0.05, 0) is 44.6 Å². The molecule has 1 aliphatic rings. The Morgan fingerprint density at radius 1 is 1.14 bits per heavy atom. The van der Waals surface area contributed by atoms with Crippen molar-refractivity contribution in [2.75, 3.05) is 51.6 Å². The predicted molar refractivity (Wildman–Crippen MR) is 93.5 cm³/mol. The molecule has 3 rings (SSSR count). The Morgan fingerprint density at radius 2 is 1.91 bits per heavy atom. The van der Waals surface area contributed by atoms with Gasteiger partial charge in [0.2, 0.25) is 0 Å². The van der Waals surface area contributed by atoms with Crippen LogP contribution in [-0.4, -0.2) is 61.1 Å². The summed E-state index contributed by atoms with van der Waals surface area (Å²) in [5.74, 6) is 0.995. The maximum atomic E-state index is 4.70. The van der Waals surface area contributed by atoms with E-state index in [0.717, 1.165) is 24.3 Å². The fraction of sp³-hybridized carbons (Fsp3) is 0.500. The van der Waals surface area contributed by atoms with E-state index < -0.39 is 0 Å². The average Bonchev–Trinajstić information content (AvgIpc) is 2.53. The van der Waals surface area contributed by atoms with Crippen LogP contribution in [0.25, 0.3) is 10.9 Å². The zero-order valence-electron chi connectivity index (χ0n) is 13.7. The number of aryl methyl sites for hydroxylation is 1. The molecule has 1 fully saturated rings. The van der Waals surface area contributed by atoms with Gasteiger partial charge in [0.25, 0.3) is 0 Å². The molecule has 1 aliphatic heterocycles. The highest BCUT2D eigenvalue weighted by Crippen LogP contribution is 2.19. The minimum Gasteiger partial charge on any atom is -0.370 e. The topological polar surface area (TPSA) is 31.4 Å². The van der Waals surface area contributed by atoms with Gasteiger partial charge in [-0.25, -0.2) is 4.98 Å². The number of benzene rings is 1. The number of piperazine rings is 1. The molecule has 0 amide bonds. The van der Waals surface area contributed by atoms with E-state index in [-0.39, 0.29) is 0 Å². The average molecular weight is 298 g/mol. The van der Waals surface area contributed by atoms with Gasteiger partial charge in [-0.2, -0.15) is 0 Å². The van der Waals surface area contributed by atoms with Crippen LogP contribution < -0.4 is 5.32 Å². The molecule has 4 heteroatoms. The smallest absolute Gasteiger partial charge is 0.126 e. The molecule has 0 aliphatic carbocycles. The van der Waals surface area contributed by atoms with Crippen molar-refractivity contribution in [1.82, 2.24) is 14.8 Å². The first-order valence-corrected chi connectivity index (χ1v) is 8.23. The van der Waals surface area contributed by atoms with E-state index in [1.54, 1.807) is 0 Å². The Hall–Kier alpha value is -1.65. The zero-order valence-corrected chi connectivity index (χ0v) is 13.7. The lowest BCUT2D eigenvalue weighted by Crippen LogP contribution is -2.44. The van der Waals surface area contributed by atoms with Gasteiger partial charge in [-0.3, -0.25) is 0 Å². The second-order valence-corrected chi connectivity index (χ2v) is 6.27. The first kappa shape index (κ1) is 15.3. The van der Waals surface area contributed by atoms with Crippen LogP contribution in [0.1, 0.15) is 12.0 Å². The highest BCUT2D eigenvalue weighted by Gasteiger charge is 2.12. The summed E-state index contributed by atoms with van der Waals surface area (Å²) in [6, 6.07) is 10.5. The number of anilines is 1. The number of pyridine rings is 1. The summed E-state index contributed by atoms with van der Waals surface area (Å²) in [5, 5.41) is 4.72. The molecular weight excluding hydrogens is 272 g/mol. The van der Waals surface area contributed by atoms with Gasteiger partial charge in [0.1, 0.15) is 5.82 Å². The fourth-order valence-electron chi connectivity index (χ4n) is 3.03. The number of hydrogen-bond acceptors (Lipinski definition) is 4. The number of hydrogen-bond donors (Lipinski definition) is 1. The number of fused-ring (bicyclic) bond motifs is 1. The molecule has 1 saturated heterocycles. The van der Waals surface area contributed by atoms with Crippen molar-refractivity contribution in [3.05, 3.63) is 35.9 Å². The molecular formula is C18H26N4. The molecule has 0 unspecified atom stereocenters. The molecule has 1 N–H and O–H groups in total. The summed E-state index contributed by atoms with van der Waals surface area (Å²) >= 11 is 0. The Balaban J connectivity index is 1.49. The normalized spacial score (nSPS) is 17.0. The number of nitrogens with zero attached hydrogens (tertiary/aromatic N) is 3. The lowest BCUT2D eigenvalue weighted by Gasteiger charge is -2.32. The molecule has 0 bridgehead atoms. The second-order valence-electron chi connectivity index (χ2n) is 6.27. The third-order valence-corrected chi connectivity index (χ3v) is 4.48. The molecule has 2 heterocycles. The van der Waals surface area contributed by atoms with Crippen molar-refractivity contribution in [3.63, 3.8) is 0 Å². The number of likely N-dealkylation sites (N-methyl/N-ethyl adjacent to an activating group) is 1. The van der Waals surface area contributed by atoms with Crippen molar-refractivity contribution in [3.8, 4) is 0 Å². The van der Waals surface area contributed by atoms with Crippen molar-refractivity contribution in [2.24, 2.45) is 0 Å². The van der Waals surface area contributed by atoms with Crippen LogP contribution >= 0.6 is 0 Å². The predicted octanol–water partition coefficient (Wildman–Crippen LogP) is 2.59. The number of aromatic nitrogens is 1. The van der Waals surface area contributed by atoms with Crippen LogP contribution in [0.3, 0.4) is 0 Å². The molecule has 4 nitrogen and oxygen atoms in total. The Kier molecular flexibility index (Phi) is 4.90. The van der Waals surface area contributed by atoms with E-state index in [1.165, 1.54) is 43.7 Å². The third-order valence-electron chi connectivity index (χ3n) is 4.48. The second kappa shape index (κ2) is 7.07. The van der Waals surface area contributed by atoms with Gasteiger partial charge >= 0.3 is 0 Å². The van der Waals surface area contributed by atoms with Crippen molar-refractivity contribution in [2.45, 2.75) is 13.3 Å². The van der Waals surface area contributed by atoms with Crippen molar-refractivity contribution in [1.29, 1.82) is 0 Å². The number of para-hydroxylation sites is 1. The minimum atomic E-state index is 0.983. The van der Waals surface area contributed by atoms with Gasteiger partial charge in [-0.15, -0.1) is 0 Å². The van der Waals surface area contributed by atoms with Gasteiger partial charge in [0, 0.05) is 38.1 Å². The third kappa shape index (κ3) is 3.76.